The molecule has 0 saturated carbocycles. The van der Waals surface area contributed by atoms with Gasteiger partial charge < -0.3 is 13.3 Å². The average molecular weight is 1030 g/mol. The van der Waals surface area contributed by atoms with E-state index in [4.69, 9.17) is 61.4 Å². The van der Waals surface area contributed by atoms with Gasteiger partial charge in [0.05, 0.1) is 41.4 Å². The van der Waals surface area contributed by atoms with Gasteiger partial charge in [-0.3, -0.25) is 20.4 Å². The Balaban J connectivity index is 0.000000309. The van der Waals surface area contributed by atoms with Gasteiger partial charge in [0.15, 0.2) is 22.3 Å². The molecule has 5 rings (SSSR count). The zero-order chi connectivity index (χ0) is 52.9. The lowest BCUT2D eigenvalue weighted by Gasteiger charge is -2.36. The lowest BCUT2D eigenvalue weighted by Crippen LogP contribution is -2.46. The Bertz CT molecular complexity index is 2840. The van der Waals surface area contributed by atoms with Crippen LogP contribution in [0.2, 0.25) is 46.3 Å². The molecule has 0 unspecified atom stereocenters. The molecule has 13 nitrogen and oxygen atoms in total. The smallest absolute Gasteiger partial charge is 0.269 e. The number of carbonyl (C=O) groups is 2. The predicted molar refractivity (Wildman–Crippen MR) is 287 cm³/mol. The van der Waals surface area contributed by atoms with Gasteiger partial charge in [-0.2, -0.15) is 5.26 Å². The minimum atomic E-state index is -2.00. The number of hydrogen-bond acceptors (Lipinski definition) is 8. The molecular formula is C54H64Cl2N8O5Si2. The largest absolute Gasteiger partial charge is 0.420 e. The van der Waals surface area contributed by atoms with Crippen molar-refractivity contribution >= 4 is 68.7 Å². The SMILES string of the molecule is [C-]#[N+]c1ccc(-c2nnc([C@@H](CCO[Si](C)(C)C(C)(C)C)Cc3ccc([N+]#[C-])c(Cl)c3C)o2)cc1.[C-]#[N+]c1ccc(C[C@H](CCO[Si](C)(C)C(C)(C)C)C(=O)NNC(=O)c2ccc(C#N)cc2)c(C)c1Cl. The fourth-order valence-corrected chi connectivity index (χ4v) is 9.31. The zero-order valence-electron chi connectivity index (χ0n) is 42.8. The predicted octanol–water partition coefficient (Wildman–Crippen LogP) is 14.6. The number of benzene rings is 4. The van der Waals surface area contributed by atoms with Crippen LogP contribution in [0.1, 0.15) is 104 Å². The van der Waals surface area contributed by atoms with Gasteiger partial charge in [-0.25, -0.2) is 14.5 Å². The number of carbonyl (C=O) groups excluding carboxylic acids is 2. The van der Waals surface area contributed by atoms with Crippen molar-refractivity contribution in [3.63, 3.8) is 0 Å². The monoisotopic (exact) mass is 1030 g/mol. The highest BCUT2D eigenvalue weighted by Crippen LogP contribution is 2.40. The molecule has 1 heterocycles. The van der Waals surface area contributed by atoms with Crippen LogP contribution >= 0.6 is 23.2 Å². The molecular weight excluding hydrogens is 968 g/mol. The van der Waals surface area contributed by atoms with E-state index in [0.29, 0.717) is 88.9 Å². The summed E-state index contributed by atoms with van der Waals surface area (Å²) in [6.45, 7) is 48.4. The lowest BCUT2D eigenvalue weighted by molar-refractivity contribution is -0.126. The second-order valence-electron chi connectivity index (χ2n) is 20.4. The summed E-state index contributed by atoms with van der Waals surface area (Å²) in [7, 11) is -3.90. The number of amides is 2. The van der Waals surface area contributed by atoms with Gasteiger partial charge in [-0.15, -0.1) is 10.2 Å². The molecule has 17 heteroatoms. The summed E-state index contributed by atoms with van der Waals surface area (Å²) in [5.74, 6) is -0.435. The number of rotatable bonds is 16. The van der Waals surface area contributed by atoms with Crippen LogP contribution in [0.3, 0.4) is 0 Å². The molecule has 0 aliphatic carbocycles. The molecule has 0 aliphatic heterocycles. The van der Waals surface area contributed by atoms with Crippen molar-refractivity contribution in [3.8, 4) is 17.5 Å². The third-order valence-electron chi connectivity index (χ3n) is 13.6. The van der Waals surface area contributed by atoms with E-state index in [1.54, 1.807) is 24.3 Å². The van der Waals surface area contributed by atoms with Crippen molar-refractivity contribution in [2.24, 2.45) is 5.92 Å². The Morgan fingerprint density at radius 2 is 1.23 bits per heavy atom. The third kappa shape index (κ3) is 15.4. The van der Waals surface area contributed by atoms with E-state index in [2.05, 4.69) is 103 Å². The van der Waals surface area contributed by atoms with E-state index in [1.165, 1.54) is 24.3 Å². The van der Waals surface area contributed by atoms with E-state index in [0.717, 1.165) is 27.8 Å². The zero-order valence-corrected chi connectivity index (χ0v) is 46.3. The minimum absolute atomic E-state index is 0.0412. The van der Waals surface area contributed by atoms with Crippen LogP contribution in [0.5, 0.6) is 0 Å². The first-order chi connectivity index (χ1) is 33.3. The van der Waals surface area contributed by atoms with Gasteiger partial charge in [0.2, 0.25) is 29.1 Å². The Kier molecular flexibility index (Phi) is 20.1. The summed E-state index contributed by atoms with van der Waals surface area (Å²) in [6.07, 6.45) is 2.19. The maximum absolute atomic E-state index is 13.2. The first-order valence-corrected chi connectivity index (χ1v) is 29.8. The molecule has 1 aromatic heterocycles. The molecule has 2 N–H and O–H groups in total. The molecule has 4 aromatic carbocycles. The highest BCUT2D eigenvalue weighted by molar-refractivity contribution is 6.74. The number of hydrogen-bond donors (Lipinski definition) is 2. The Labute approximate surface area is 432 Å². The molecule has 2 amide bonds. The summed E-state index contributed by atoms with van der Waals surface area (Å²) in [5, 5.41) is 18.6. The van der Waals surface area contributed by atoms with Gasteiger partial charge in [0, 0.05) is 36.2 Å². The van der Waals surface area contributed by atoms with E-state index >= 15 is 0 Å². The van der Waals surface area contributed by atoms with Crippen molar-refractivity contribution in [3.05, 3.63) is 156 Å². The quantitative estimate of drug-likeness (QED) is 0.0563. The van der Waals surface area contributed by atoms with Crippen LogP contribution in [0, 0.1) is 50.8 Å². The standard InChI is InChI=1S/C27H33ClN4O3Si.C27H31ClN4O2Si/c1-18-21(12-13-23(30-5)24(18)28)16-22(14-15-35-36(6,7)27(2,3)4)26(34)32-31-25(33)20-10-8-19(17-29)9-11-20;1-18-20(11-14-23(30-6)24(18)28)17-21(15-16-33-35(7,8)27(2,3)4)26-32-31-25(34-26)19-9-12-22(29-5)13-10-19/h8-13,22H,14-16H2,1-4,6-7H3,(H,31,33)(H,32,34);9-14,21H,15-17H2,1-4,7-8H3/t22-;21-/m00/s1. The minimum Gasteiger partial charge on any atom is -0.420 e. The van der Waals surface area contributed by atoms with Gasteiger partial charge in [0.25, 0.3) is 5.91 Å². The number of nitrogens with one attached hydrogen (secondary N) is 2. The molecule has 0 aliphatic rings. The molecule has 0 bridgehead atoms. The highest BCUT2D eigenvalue weighted by atomic mass is 35.5. The summed E-state index contributed by atoms with van der Waals surface area (Å²) in [5.41, 5.74) is 11.5. The summed E-state index contributed by atoms with van der Waals surface area (Å²) in [4.78, 5) is 36.0. The summed E-state index contributed by atoms with van der Waals surface area (Å²) < 4.78 is 18.9. The fourth-order valence-electron chi connectivity index (χ4n) is 6.74. The van der Waals surface area contributed by atoms with Crippen LogP contribution in [0.25, 0.3) is 26.0 Å². The number of nitriles is 1. The van der Waals surface area contributed by atoms with Crippen LogP contribution in [-0.4, -0.2) is 51.9 Å². The van der Waals surface area contributed by atoms with E-state index in [-0.39, 0.29) is 21.9 Å². The normalized spacial score (nSPS) is 12.5. The van der Waals surface area contributed by atoms with Crippen LogP contribution in [0.4, 0.5) is 17.1 Å². The maximum Gasteiger partial charge on any atom is 0.269 e. The number of aromatic nitrogens is 2. The molecule has 0 radical (unpaired) electrons. The second-order valence-corrected chi connectivity index (χ2v) is 30.8. The fraction of sp³-hybridized carbons (Fsp3) is 0.407. The lowest BCUT2D eigenvalue weighted by atomic mass is 9.93. The van der Waals surface area contributed by atoms with E-state index in [9.17, 15) is 9.59 Å². The number of nitrogens with zero attached hydrogens (tertiary/aromatic N) is 6. The maximum atomic E-state index is 13.2. The van der Waals surface area contributed by atoms with Gasteiger partial charge >= 0.3 is 0 Å². The molecule has 372 valence electrons. The highest BCUT2D eigenvalue weighted by Gasteiger charge is 2.38. The molecule has 0 fully saturated rings. The summed E-state index contributed by atoms with van der Waals surface area (Å²) >= 11 is 12.8. The first-order valence-electron chi connectivity index (χ1n) is 23.3. The average Bonchev–Trinajstić information content (AvgIpc) is 3.83. The number of hydrazine groups is 1. The Morgan fingerprint density at radius 1 is 0.718 bits per heavy atom. The molecule has 2 atom stereocenters. The van der Waals surface area contributed by atoms with Crippen molar-refractivity contribution in [2.45, 2.75) is 123 Å². The van der Waals surface area contributed by atoms with Gasteiger partial charge in [0.1, 0.15) is 0 Å². The van der Waals surface area contributed by atoms with Crippen molar-refractivity contribution in [1.29, 1.82) is 5.26 Å². The van der Waals surface area contributed by atoms with Crippen molar-refractivity contribution in [1.82, 2.24) is 21.0 Å². The molecule has 0 saturated heterocycles. The Hall–Kier alpha value is -6.15. The molecule has 0 spiro atoms. The van der Waals surface area contributed by atoms with Crippen molar-refractivity contribution in [2.75, 3.05) is 13.2 Å². The van der Waals surface area contributed by atoms with Gasteiger partial charge in [-0.1, -0.05) is 113 Å². The van der Waals surface area contributed by atoms with Crippen LogP contribution < -0.4 is 10.9 Å². The van der Waals surface area contributed by atoms with Crippen molar-refractivity contribution < 1.29 is 22.9 Å². The topological polar surface area (TPSA) is 152 Å². The van der Waals surface area contributed by atoms with E-state index in [1.807, 2.05) is 44.2 Å². The third-order valence-corrected chi connectivity index (χ3v) is 23.6. The molecule has 5 aromatic rings. The number of halogens is 2. The first kappa shape index (κ1) is 57.4. The van der Waals surface area contributed by atoms with Crippen LogP contribution in [-0.2, 0) is 26.5 Å². The second kappa shape index (κ2) is 24.8. The van der Waals surface area contributed by atoms with E-state index < -0.39 is 28.5 Å². The van der Waals surface area contributed by atoms with Gasteiger partial charge in [-0.05, 0) is 122 Å². The van der Waals surface area contributed by atoms with Crippen LogP contribution in [0.15, 0.2) is 77.2 Å². The summed E-state index contributed by atoms with van der Waals surface area (Å²) in [6, 6.07) is 22.4. The Morgan fingerprint density at radius 3 is 1.70 bits per heavy atom. The molecule has 71 heavy (non-hydrogen) atoms.